The van der Waals surface area contributed by atoms with Gasteiger partial charge in [0.1, 0.15) is 0 Å². The normalized spacial score (nSPS) is 16.1. The van der Waals surface area contributed by atoms with E-state index in [1.807, 2.05) is 18.2 Å². The molecule has 1 aromatic rings. The molecule has 138 valence electrons. The molecule has 0 aromatic heterocycles. The third-order valence-electron chi connectivity index (χ3n) is 4.66. The average molecular weight is 346 g/mol. The maximum Gasteiger partial charge on any atom is 0.243 e. The summed E-state index contributed by atoms with van der Waals surface area (Å²) in [4.78, 5) is 14.4. The quantitative estimate of drug-likeness (QED) is 0.581. The van der Waals surface area contributed by atoms with Crippen LogP contribution in [0.2, 0.25) is 0 Å². The smallest absolute Gasteiger partial charge is 0.243 e. The maximum atomic E-state index is 11.9. The fourth-order valence-corrected chi connectivity index (χ4v) is 2.99. The molecule has 0 unspecified atom stereocenters. The van der Waals surface area contributed by atoms with Crippen LogP contribution in [0.3, 0.4) is 0 Å². The monoisotopic (exact) mass is 346 g/mol. The van der Waals surface area contributed by atoms with Gasteiger partial charge in [0.05, 0.1) is 14.2 Å². The molecule has 1 amide bonds. The number of amides is 1. The summed E-state index contributed by atoms with van der Waals surface area (Å²) < 4.78 is 10.5. The van der Waals surface area contributed by atoms with Gasteiger partial charge in [-0.3, -0.25) is 4.79 Å². The molecule has 1 saturated heterocycles. The highest BCUT2D eigenvalue weighted by Crippen LogP contribution is 2.27. The van der Waals surface area contributed by atoms with E-state index in [-0.39, 0.29) is 5.91 Å². The van der Waals surface area contributed by atoms with Crippen LogP contribution in [0.4, 0.5) is 0 Å². The first-order valence-electron chi connectivity index (χ1n) is 9.02. The molecule has 1 heterocycles. The molecule has 5 heteroatoms. The number of methoxy groups -OCH3 is 2. The molecule has 0 saturated carbocycles. The number of carbonyl (C=O) groups excluding carboxylic acids is 1. The second-order valence-corrected chi connectivity index (χ2v) is 6.62. The van der Waals surface area contributed by atoms with E-state index in [4.69, 9.17) is 9.47 Å². The van der Waals surface area contributed by atoms with Gasteiger partial charge in [0.15, 0.2) is 11.5 Å². The molecule has 1 aliphatic heterocycles. The van der Waals surface area contributed by atoms with Crippen LogP contribution in [0.15, 0.2) is 24.3 Å². The van der Waals surface area contributed by atoms with Crippen LogP contribution in [-0.4, -0.2) is 51.2 Å². The van der Waals surface area contributed by atoms with Crippen molar-refractivity contribution in [3.05, 3.63) is 29.8 Å². The minimum atomic E-state index is -0.0675. The predicted octanol–water partition coefficient (Wildman–Crippen LogP) is 2.96. The van der Waals surface area contributed by atoms with Gasteiger partial charge in [-0.15, -0.1) is 0 Å². The number of likely N-dealkylation sites (tertiary alicyclic amines) is 1. The molecule has 0 spiro atoms. The zero-order valence-electron chi connectivity index (χ0n) is 15.6. The second-order valence-electron chi connectivity index (χ2n) is 6.62. The van der Waals surface area contributed by atoms with E-state index < -0.39 is 0 Å². The Balaban J connectivity index is 1.70. The first kappa shape index (κ1) is 19.3. The van der Waals surface area contributed by atoms with Crippen molar-refractivity contribution in [2.45, 2.75) is 26.2 Å². The number of nitrogens with zero attached hydrogens (tertiary/aromatic N) is 1. The van der Waals surface area contributed by atoms with Gasteiger partial charge in [-0.05, 0) is 68.6 Å². The number of ether oxygens (including phenoxy) is 2. The van der Waals surface area contributed by atoms with Crippen molar-refractivity contribution >= 4 is 12.0 Å². The molecule has 2 rings (SSSR count). The fourth-order valence-electron chi connectivity index (χ4n) is 2.99. The Labute approximate surface area is 151 Å². The molecule has 1 fully saturated rings. The highest BCUT2D eigenvalue weighted by Gasteiger charge is 2.14. The third kappa shape index (κ3) is 6.42. The largest absolute Gasteiger partial charge is 0.493 e. The molecule has 1 aliphatic rings. The van der Waals surface area contributed by atoms with E-state index >= 15 is 0 Å². The Bertz CT molecular complexity index is 578. The molecule has 5 nitrogen and oxygen atoms in total. The van der Waals surface area contributed by atoms with Gasteiger partial charge in [-0.25, -0.2) is 0 Å². The first-order valence-corrected chi connectivity index (χ1v) is 9.02. The molecular formula is C20H30N2O3. The summed E-state index contributed by atoms with van der Waals surface area (Å²) in [6, 6.07) is 5.57. The van der Waals surface area contributed by atoms with Crippen LogP contribution < -0.4 is 14.8 Å². The van der Waals surface area contributed by atoms with Gasteiger partial charge < -0.3 is 19.7 Å². The van der Waals surface area contributed by atoms with Crippen LogP contribution >= 0.6 is 0 Å². The lowest BCUT2D eigenvalue weighted by Gasteiger charge is -2.30. The lowest BCUT2D eigenvalue weighted by Crippen LogP contribution is -2.35. The number of piperidine rings is 1. The van der Waals surface area contributed by atoms with E-state index in [1.165, 1.54) is 25.9 Å². The Kier molecular flexibility index (Phi) is 7.79. The molecule has 0 bridgehead atoms. The predicted molar refractivity (Wildman–Crippen MR) is 101 cm³/mol. The lowest BCUT2D eigenvalue weighted by atomic mass is 9.99. The summed E-state index contributed by atoms with van der Waals surface area (Å²) >= 11 is 0. The van der Waals surface area contributed by atoms with Crippen molar-refractivity contribution in [1.82, 2.24) is 10.2 Å². The Hall–Kier alpha value is -2.01. The average Bonchev–Trinajstić information content (AvgIpc) is 2.64. The highest BCUT2D eigenvalue weighted by molar-refractivity contribution is 5.91. The number of hydrogen-bond acceptors (Lipinski definition) is 4. The highest BCUT2D eigenvalue weighted by atomic mass is 16.5. The maximum absolute atomic E-state index is 11.9. The number of benzene rings is 1. The van der Waals surface area contributed by atoms with E-state index in [0.717, 1.165) is 24.4 Å². The number of hydrogen-bond donors (Lipinski definition) is 1. The Morgan fingerprint density at radius 3 is 2.64 bits per heavy atom. The van der Waals surface area contributed by atoms with Crippen molar-refractivity contribution in [3.8, 4) is 11.5 Å². The third-order valence-corrected chi connectivity index (χ3v) is 4.66. The molecule has 0 atom stereocenters. The van der Waals surface area contributed by atoms with Crippen LogP contribution in [0, 0.1) is 5.92 Å². The zero-order chi connectivity index (χ0) is 18.1. The lowest BCUT2D eigenvalue weighted by molar-refractivity contribution is -0.116. The molecule has 0 aliphatic carbocycles. The van der Waals surface area contributed by atoms with Gasteiger partial charge in [0.25, 0.3) is 0 Å². The van der Waals surface area contributed by atoms with Crippen molar-refractivity contribution in [1.29, 1.82) is 0 Å². The standard InChI is InChI=1S/C20H30N2O3/c1-16-9-13-22(14-10-16)12-4-11-21-20(23)8-6-17-5-7-18(24-2)19(15-17)25-3/h5-8,15-16H,4,9-14H2,1-3H3,(H,21,23)/b8-6+. The summed E-state index contributed by atoms with van der Waals surface area (Å²) in [5.74, 6) is 2.12. The summed E-state index contributed by atoms with van der Waals surface area (Å²) in [7, 11) is 3.20. The van der Waals surface area contributed by atoms with E-state index in [2.05, 4.69) is 17.1 Å². The molecule has 1 aromatic carbocycles. The topological polar surface area (TPSA) is 50.8 Å². The van der Waals surface area contributed by atoms with E-state index in [0.29, 0.717) is 18.0 Å². The van der Waals surface area contributed by atoms with Crippen LogP contribution in [-0.2, 0) is 4.79 Å². The van der Waals surface area contributed by atoms with Gasteiger partial charge >= 0.3 is 0 Å². The fraction of sp³-hybridized carbons (Fsp3) is 0.550. The Morgan fingerprint density at radius 1 is 1.24 bits per heavy atom. The van der Waals surface area contributed by atoms with Crippen LogP contribution in [0.1, 0.15) is 31.7 Å². The van der Waals surface area contributed by atoms with Gasteiger partial charge in [-0.2, -0.15) is 0 Å². The van der Waals surface area contributed by atoms with E-state index in [1.54, 1.807) is 26.4 Å². The number of rotatable bonds is 8. The van der Waals surface area contributed by atoms with Crippen molar-refractivity contribution in [3.63, 3.8) is 0 Å². The second kappa shape index (κ2) is 10.1. The number of nitrogens with one attached hydrogen (secondary N) is 1. The minimum absolute atomic E-state index is 0.0675. The first-order chi connectivity index (χ1) is 12.1. The van der Waals surface area contributed by atoms with Crippen LogP contribution in [0.5, 0.6) is 11.5 Å². The van der Waals surface area contributed by atoms with Crippen LogP contribution in [0.25, 0.3) is 6.08 Å². The van der Waals surface area contributed by atoms with Crippen molar-refractivity contribution in [2.24, 2.45) is 5.92 Å². The summed E-state index contributed by atoms with van der Waals surface area (Å²) in [6.45, 7) is 6.47. The number of carbonyl (C=O) groups is 1. The molecule has 0 radical (unpaired) electrons. The van der Waals surface area contributed by atoms with E-state index in [9.17, 15) is 4.79 Å². The Morgan fingerprint density at radius 2 is 1.96 bits per heavy atom. The summed E-state index contributed by atoms with van der Waals surface area (Å²) in [6.07, 6.45) is 6.91. The minimum Gasteiger partial charge on any atom is -0.493 e. The van der Waals surface area contributed by atoms with Gasteiger partial charge in [0, 0.05) is 12.6 Å². The molecule has 1 N–H and O–H groups in total. The molecule has 25 heavy (non-hydrogen) atoms. The molecular weight excluding hydrogens is 316 g/mol. The van der Waals surface area contributed by atoms with Crippen molar-refractivity contribution < 1.29 is 14.3 Å². The van der Waals surface area contributed by atoms with Crippen molar-refractivity contribution in [2.75, 3.05) is 40.4 Å². The summed E-state index contributed by atoms with van der Waals surface area (Å²) in [5.41, 5.74) is 0.898. The van der Waals surface area contributed by atoms with Gasteiger partial charge in [-0.1, -0.05) is 13.0 Å². The summed E-state index contributed by atoms with van der Waals surface area (Å²) in [5, 5.41) is 2.94. The zero-order valence-corrected chi connectivity index (χ0v) is 15.6. The van der Waals surface area contributed by atoms with Gasteiger partial charge in [0.2, 0.25) is 5.91 Å². The SMILES string of the molecule is COc1ccc(/C=C/C(=O)NCCCN2CCC(C)CC2)cc1OC.